The number of phosphoric acid groups is 1. The first-order valence-corrected chi connectivity index (χ1v) is 13.3. The molecule has 8 nitrogen and oxygen atoms in total. The van der Waals surface area contributed by atoms with E-state index in [1.54, 1.807) is 26.0 Å². The molecule has 3 rings (SSSR count). The minimum absolute atomic E-state index is 0.115. The molecule has 1 fully saturated rings. The van der Waals surface area contributed by atoms with Gasteiger partial charge in [-0.1, -0.05) is 49.0 Å². The fourth-order valence-electron chi connectivity index (χ4n) is 3.38. The monoisotopic (exact) mass is 495 g/mol. The summed E-state index contributed by atoms with van der Waals surface area (Å²) < 4.78 is 35.4. The van der Waals surface area contributed by atoms with Gasteiger partial charge in [0.05, 0.1) is 18.5 Å². The molecule has 1 aliphatic carbocycles. The van der Waals surface area contributed by atoms with Crippen LogP contribution in [0, 0.1) is 5.92 Å². The third-order valence-corrected chi connectivity index (χ3v) is 7.70. The number of carbonyl (C=O) groups is 2. The highest BCUT2D eigenvalue weighted by molar-refractivity contribution is 8.15. The fourth-order valence-corrected chi connectivity index (χ4v) is 5.56. The molecule has 1 heterocycles. The van der Waals surface area contributed by atoms with Gasteiger partial charge in [-0.2, -0.15) is 0 Å². The summed E-state index contributed by atoms with van der Waals surface area (Å²) in [6.07, 6.45) is 6.75. The highest BCUT2D eigenvalue weighted by Gasteiger charge is 2.33. The summed E-state index contributed by atoms with van der Waals surface area (Å²) in [6.45, 7) is 6.08. The van der Waals surface area contributed by atoms with E-state index < -0.39 is 19.2 Å². The SMILES string of the molecule is CCOP(=O)(OCC)OC(COc1ccc(CC2SC(=O)NC2=O)cc1)C1=CCC(C)C=C1. The van der Waals surface area contributed by atoms with E-state index in [2.05, 4.69) is 24.4 Å². The first kappa shape index (κ1) is 25.7. The molecular weight excluding hydrogens is 465 g/mol. The molecule has 1 aromatic rings. The normalized spacial score (nSPS) is 21.6. The minimum atomic E-state index is -3.74. The van der Waals surface area contributed by atoms with Crippen LogP contribution in [0.4, 0.5) is 4.79 Å². The molecule has 0 saturated carbocycles. The second kappa shape index (κ2) is 12.0. The second-order valence-electron chi connectivity index (χ2n) is 7.70. The topological polar surface area (TPSA) is 100 Å². The van der Waals surface area contributed by atoms with E-state index in [-0.39, 0.29) is 31.0 Å². The molecule has 1 aliphatic heterocycles. The number of phosphoric ester groups is 1. The Hall–Kier alpha value is -1.90. The van der Waals surface area contributed by atoms with Crippen molar-refractivity contribution >= 4 is 30.7 Å². The van der Waals surface area contributed by atoms with Crippen LogP contribution in [0.1, 0.15) is 32.8 Å². The van der Waals surface area contributed by atoms with Crippen LogP contribution in [0.5, 0.6) is 5.75 Å². The van der Waals surface area contributed by atoms with Crippen LogP contribution in [0.15, 0.2) is 48.1 Å². The van der Waals surface area contributed by atoms with Gasteiger partial charge in [0.2, 0.25) is 5.91 Å². The maximum Gasteiger partial charge on any atom is 0.475 e. The quantitative estimate of drug-likeness (QED) is 0.402. The number of benzene rings is 1. The summed E-state index contributed by atoms with van der Waals surface area (Å²) in [6, 6.07) is 7.30. The number of thioether (sulfide) groups is 1. The molecule has 1 saturated heterocycles. The number of carbonyl (C=O) groups excluding carboxylic acids is 2. The van der Waals surface area contributed by atoms with E-state index in [1.165, 1.54) is 0 Å². The average molecular weight is 496 g/mol. The molecule has 2 amide bonds. The number of allylic oxidation sites excluding steroid dienone is 2. The molecule has 180 valence electrons. The lowest BCUT2D eigenvalue weighted by Gasteiger charge is -2.26. The summed E-state index contributed by atoms with van der Waals surface area (Å²) in [5.74, 6) is 0.758. The van der Waals surface area contributed by atoms with Crippen LogP contribution in [-0.4, -0.2) is 42.3 Å². The maximum absolute atomic E-state index is 13.0. The number of hydrogen-bond donors (Lipinski definition) is 1. The summed E-state index contributed by atoms with van der Waals surface area (Å²) in [5.41, 5.74) is 1.78. The highest BCUT2D eigenvalue weighted by atomic mass is 32.2. The van der Waals surface area contributed by atoms with Crippen molar-refractivity contribution in [1.29, 1.82) is 0 Å². The molecule has 3 unspecified atom stereocenters. The van der Waals surface area contributed by atoms with Crippen molar-refractivity contribution in [2.45, 2.75) is 45.0 Å². The first-order valence-electron chi connectivity index (χ1n) is 11.0. The Morgan fingerprint density at radius 1 is 1.15 bits per heavy atom. The van der Waals surface area contributed by atoms with Gasteiger partial charge in [-0.25, -0.2) is 4.57 Å². The van der Waals surface area contributed by atoms with Crippen molar-refractivity contribution < 1.29 is 32.5 Å². The van der Waals surface area contributed by atoms with Crippen LogP contribution < -0.4 is 10.1 Å². The minimum Gasteiger partial charge on any atom is -0.491 e. The molecule has 1 N–H and O–H groups in total. The number of amides is 2. The Bertz CT molecular complexity index is 937. The first-order chi connectivity index (χ1) is 15.8. The summed E-state index contributed by atoms with van der Waals surface area (Å²) >= 11 is 1.01. The van der Waals surface area contributed by atoms with Crippen LogP contribution in [0.3, 0.4) is 0 Å². The van der Waals surface area contributed by atoms with Crippen LogP contribution in [-0.2, 0) is 29.4 Å². The third-order valence-electron chi connectivity index (χ3n) is 5.06. The van der Waals surface area contributed by atoms with Crippen molar-refractivity contribution in [3.8, 4) is 5.75 Å². The van der Waals surface area contributed by atoms with E-state index in [0.717, 1.165) is 29.3 Å². The van der Waals surface area contributed by atoms with Gasteiger partial charge < -0.3 is 4.74 Å². The Labute approximate surface area is 198 Å². The van der Waals surface area contributed by atoms with Crippen molar-refractivity contribution in [2.24, 2.45) is 5.92 Å². The van der Waals surface area contributed by atoms with Crippen molar-refractivity contribution in [3.63, 3.8) is 0 Å². The molecular formula is C23H30NO7PS. The molecule has 3 atom stereocenters. The fraction of sp³-hybridized carbons (Fsp3) is 0.478. The van der Waals surface area contributed by atoms with Gasteiger partial charge in [-0.3, -0.25) is 28.5 Å². The molecule has 33 heavy (non-hydrogen) atoms. The Balaban J connectivity index is 1.66. The number of rotatable bonds is 12. The van der Waals surface area contributed by atoms with Crippen molar-refractivity contribution in [3.05, 3.63) is 53.6 Å². The van der Waals surface area contributed by atoms with Crippen LogP contribution in [0.25, 0.3) is 0 Å². The molecule has 0 bridgehead atoms. The zero-order valence-corrected chi connectivity index (χ0v) is 20.7. The zero-order chi connectivity index (χ0) is 23.8. The lowest BCUT2D eigenvalue weighted by molar-refractivity contribution is -0.118. The smallest absolute Gasteiger partial charge is 0.475 e. The lowest BCUT2D eigenvalue weighted by Crippen LogP contribution is -2.25. The summed E-state index contributed by atoms with van der Waals surface area (Å²) in [7, 11) is -3.74. The van der Waals surface area contributed by atoms with Gasteiger partial charge in [-0.05, 0) is 55.9 Å². The summed E-state index contributed by atoms with van der Waals surface area (Å²) in [5, 5.41) is 1.57. The van der Waals surface area contributed by atoms with Gasteiger partial charge in [0, 0.05) is 0 Å². The second-order valence-corrected chi connectivity index (χ2v) is 10.5. The van der Waals surface area contributed by atoms with Crippen molar-refractivity contribution in [2.75, 3.05) is 19.8 Å². The molecule has 1 aromatic carbocycles. The van der Waals surface area contributed by atoms with Gasteiger partial charge in [-0.15, -0.1) is 0 Å². The molecule has 2 aliphatic rings. The number of imide groups is 1. The van der Waals surface area contributed by atoms with Gasteiger partial charge >= 0.3 is 7.82 Å². The maximum atomic E-state index is 13.0. The van der Waals surface area contributed by atoms with Crippen molar-refractivity contribution in [1.82, 2.24) is 5.32 Å². The molecule has 0 radical (unpaired) electrons. The largest absolute Gasteiger partial charge is 0.491 e. The predicted molar refractivity (Wildman–Crippen MR) is 127 cm³/mol. The number of ether oxygens (including phenoxy) is 1. The lowest BCUT2D eigenvalue weighted by atomic mass is 9.96. The van der Waals surface area contributed by atoms with E-state index in [4.69, 9.17) is 18.3 Å². The van der Waals surface area contributed by atoms with E-state index >= 15 is 0 Å². The van der Waals surface area contributed by atoms with Gasteiger partial charge in [0.15, 0.2) is 0 Å². The molecule has 0 spiro atoms. The Morgan fingerprint density at radius 3 is 2.39 bits per heavy atom. The van der Waals surface area contributed by atoms with Gasteiger partial charge in [0.1, 0.15) is 18.5 Å². The molecule has 0 aromatic heterocycles. The van der Waals surface area contributed by atoms with E-state index in [9.17, 15) is 14.2 Å². The Morgan fingerprint density at radius 2 is 1.85 bits per heavy atom. The third kappa shape index (κ3) is 7.55. The van der Waals surface area contributed by atoms with E-state index in [0.29, 0.717) is 18.1 Å². The van der Waals surface area contributed by atoms with Gasteiger partial charge in [0.25, 0.3) is 5.24 Å². The highest BCUT2D eigenvalue weighted by Crippen LogP contribution is 2.51. The van der Waals surface area contributed by atoms with Crippen LogP contribution >= 0.6 is 19.6 Å². The molecule has 10 heteroatoms. The standard InChI is InChI=1S/C23H30NO7PS/c1-4-29-32(27,30-5-2)31-20(18-10-6-16(3)7-11-18)15-28-19-12-8-17(9-13-19)14-21-22(25)24-23(26)33-21/h6,8-13,16,20-21H,4-5,7,14-15H2,1-3H3,(H,24,25,26). The average Bonchev–Trinajstić information content (AvgIpc) is 3.09. The number of hydrogen-bond acceptors (Lipinski definition) is 8. The van der Waals surface area contributed by atoms with E-state index in [1.807, 2.05) is 18.2 Å². The Kier molecular flexibility index (Phi) is 9.35. The number of nitrogens with one attached hydrogen (secondary N) is 1. The summed E-state index contributed by atoms with van der Waals surface area (Å²) in [4.78, 5) is 23.1. The van der Waals surface area contributed by atoms with Crippen LogP contribution in [0.2, 0.25) is 0 Å². The zero-order valence-electron chi connectivity index (χ0n) is 19.0. The predicted octanol–water partition coefficient (Wildman–Crippen LogP) is 5.05.